The second-order valence-electron chi connectivity index (χ2n) is 6.55. The van der Waals surface area contributed by atoms with Crippen molar-refractivity contribution >= 4 is 16.7 Å². The number of amides is 1. The summed E-state index contributed by atoms with van der Waals surface area (Å²) < 4.78 is 1.24. The number of likely N-dealkylation sites (tertiary alicyclic amines) is 1. The van der Waals surface area contributed by atoms with E-state index >= 15 is 0 Å². The monoisotopic (exact) mass is 349 g/mol. The first-order chi connectivity index (χ1) is 12.6. The van der Waals surface area contributed by atoms with Gasteiger partial charge < -0.3 is 4.90 Å². The highest BCUT2D eigenvalue weighted by molar-refractivity contribution is 6.04. The average molecular weight is 349 g/mol. The number of hydrogen-bond donors (Lipinski definition) is 0. The third-order valence-electron chi connectivity index (χ3n) is 4.89. The molecule has 7 heteroatoms. The topological polar surface area (TPSA) is 81.0 Å². The van der Waals surface area contributed by atoms with Crippen LogP contribution in [0.2, 0.25) is 0 Å². The Kier molecular flexibility index (Phi) is 4.20. The Morgan fingerprint density at radius 1 is 1.19 bits per heavy atom. The third-order valence-corrected chi connectivity index (χ3v) is 4.89. The van der Waals surface area contributed by atoms with Crippen molar-refractivity contribution in [2.75, 3.05) is 13.1 Å². The summed E-state index contributed by atoms with van der Waals surface area (Å²) in [6.45, 7) is 1.27. The van der Waals surface area contributed by atoms with Gasteiger partial charge in [0.25, 0.3) is 11.5 Å². The number of benzene rings is 1. The van der Waals surface area contributed by atoms with E-state index < -0.39 is 0 Å². The van der Waals surface area contributed by atoms with Crippen LogP contribution in [-0.4, -0.2) is 43.6 Å². The number of rotatable bonds is 2. The highest BCUT2D eigenvalue weighted by atomic mass is 16.2. The van der Waals surface area contributed by atoms with Gasteiger partial charge in [-0.05, 0) is 25.0 Å². The van der Waals surface area contributed by atoms with Gasteiger partial charge in [-0.3, -0.25) is 9.59 Å². The lowest BCUT2D eigenvalue weighted by molar-refractivity contribution is 0.0699. The van der Waals surface area contributed by atoms with Crippen molar-refractivity contribution in [2.45, 2.75) is 18.8 Å². The van der Waals surface area contributed by atoms with Gasteiger partial charge in [-0.2, -0.15) is 5.10 Å². The van der Waals surface area contributed by atoms with Crippen LogP contribution in [0.25, 0.3) is 10.8 Å². The summed E-state index contributed by atoms with van der Waals surface area (Å²) >= 11 is 0. The molecule has 0 unspecified atom stereocenters. The molecule has 1 aromatic carbocycles. The van der Waals surface area contributed by atoms with E-state index in [1.165, 1.54) is 11.0 Å². The Morgan fingerprint density at radius 2 is 2.00 bits per heavy atom. The quantitative estimate of drug-likeness (QED) is 0.704. The Bertz CT molecular complexity index is 1020. The van der Waals surface area contributed by atoms with Crippen molar-refractivity contribution in [3.8, 4) is 0 Å². The molecule has 132 valence electrons. The Morgan fingerprint density at radius 3 is 2.77 bits per heavy atom. The maximum absolute atomic E-state index is 13.2. The molecule has 1 saturated heterocycles. The molecule has 3 aromatic rings. The molecule has 0 aliphatic carbocycles. The molecule has 0 N–H and O–H groups in total. The van der Waals surface area contributed by atoms with Crippen LogP contribution < -0.4 is 5.56 Å². The van der Waals surface area contributed by atoms with Crippen molar-refractivity contribution in [3.63, 3.8) is 0 Å². The van der Waals surface area contributed by atoms with Crippen LogP contribution in [0.1, 0.15) is 34.9 Å². The minimum absolute atomic E-state index is 0.143. The summed E-state index contributed by atoms with van der Waals surface area (Å²) in [5.74, 6) is 0.0463. The van der Waals surface area contributed by atoms with E-state index in [4.69, 9.17) is 0 Å². The van der Waals surface area contributed by atoms with E-state index in [9.17, 15) is 9.59 Å². The second-order valence-corrected chi connectivity index (χ2v) is 6.55. The maximum Gasteiger partial charge on any atom is 0.274 e. The predicted octanol–water partition coefficient (Wildman–Crippen LogP) is 1.74. The van der Waals surface area contributed by atoms with Gasteiger partial charge >= 0.3 is 0 Å². The zero-order chi connectivity index (χ0) is 18.1. The zero-order valence-electron chi connectivity index (χ0n) is 14.5. The Hall–Kier alpha value is -3.09. The summed E-state index contributed by atoms with van der Waals surface area (Å²) in [6, 6.07) is 9.03. The summed E-state index contributed by atoms with van der Waals surface area (Å²) in [5, 5.41) is 5.37. The van der Waals surface area contributed by atoms with Crippen LogP contribution in [0.5, 0.6) is 0 Å². The summed E-state index contributed by atoms with van der Waals surface area (Å²) in [6.07, 6.45) is 5.16. The van der Waals surface area contributed by atoms with Crippen molar-refractivity contribution in [1.29, 1.82) is 0 Å². The minimum atomic E-state index is -0.199. The molecular weight excluding hydrogens is 330 g/mol. The number of hydrogen-bond acceptors (Lipinski definition) is 5. The fourth-order valence-corrected chi connectivity index (χ4v) is 3.55. The van der Waals surface area contributed by atoms with Crippen molar-refractivity contribution in [3.05, 3.63) is 64.6 Å². The van der Waals surface area contributed by atoms with E-state index in [1.54, 1.807) is 31.4 Å². The smallest absolute Gasteiger partial charge is 0.274 e. The number of piperidine rings is 1. The Balaban J connectivity index is 1.69. The molecule has 1 amide bonds. The van der Waals surface area contributed by atoms with Crippen LogP contribution in [-0.2, 0) is 7.05 Å². The fourth-order valence-electron chi connectivity index (χ4n) is 3.55. The van der Waals surface area contributed by atoms with E-state index in [2.05, 4.69) is 15.1 Å². The molecule has 7 nitrogen and oxygen atoms in total. The van der Waals surface area contributed by atoms with Gasteiger partial charge in [0.15, 0.2) is 5.69 Å². The van der Waals surface area contributed by atoms with Crippen molar-refractivity contribution in [2.24, 2.45) is 7.05 Å². The van der Waals surface area contributed by atoms with Gasteiger partial charge in [-0.1, -0.05) is 18.2 Å². The molecule has 1 fully saturated rings. The van der Waals surface area contributed by atoms with Gasteiger partial charge in [-0.25, -0.2) is 14.6 Å². The first kappa shape index (κ1) is 16.4. The van der Waals surface area contributed by atoms with Crippen LogP contribution in [0, 0.1) is 0 Å². The lowest BCUT2D eigenvalue weighted by atomic mass is 9.94. The van der Waals surface area contributed by atoms with Crippen LogP contribution in [0.15, 0.2) is 47.7 Å². The molecule has 1 atom stereocenters. The molecule has 0 spiro atoms. The van der Waals surface area contributed by atoms with Gasteiger partial charge in [0.2, 0.25) is 0 Å². The number of carbonyl (C=O) groups is 1. The van der Waals surface area contributed by atoms with E-state index in [-0.39, 0.29) is 17.4 Å². The minimum Gasteiger partial charge on any atom is -0.337 e. The molecule has 26 heavy (non-hydrogen) atoms. The van der Waals surface area contributed by atoms with E-state index in [1.807, 2.05) is 17.0 Å². The van der Waals surface area contributed by atoms with Crippen molar-refractivity contribution < 1.29 is 4.79 Å². The maximum atomic E-state index is 13.2. The van der Waals surface area contributed by atoms with Crippen molar-refractivity contribution in [1.82, 2.24) is 24.6 Å². The van der Waals surface area contributed by atoms with E-state index in [0.717, 1.165) is 18.5 Å². The first-order valence-electron chi connectivity index (χ1n) is 8.66. The average Bonchev–Trinajstić information content (AvgIpc) is 2.71. The number of nitrogens with zero attached hydrogens (tertiary/aromatic N) is 5. The standard InChI is InChI=1S/C19H19N5O2/c1-23-18(25)15-7-3-2-6-14(15)17(22-23)19(26)24-10-4-5-13(11-24)16-8-9-20-12-21-16/h2-3,6-9,12-13H,4-5,10-11H2,1H3/t13-/m0/s1. The van der Waals surface area contributed by atoms with Gasteiger partial charge in [0.1, 0.15) is 6.33 Å². The summed E-state index contributed by atoms with van der Waals surface area (Å²) in [7, 11) is 1.57. The number of aromatic nitrogens is 4. The lowest BCUT2D eigenvalue weighted by Crippen LogP contribution is -2.40. The van der Waals surface area contributed by atoms with Crippen LogP contribution in [0.4, 0.5) is 0 Å². The predicted molar refractivity (Wildman–Crippen MR) is 96.9 cm³/mol. The SMILES string of the molecule is Cn1nc(C(=O)N2CCC[C@H](c3ccncn3)C2)c2ccccc2c1=O. The summed E-state index contributed by atoms with van der Waals surface area (Å²) in [4.78, 5) is 35.6. The molecular formula is C19H19N5O2. The van der Waals surface area contributed by atoms with Gasteiger partial charge in [-0.15, -0.1) is 0 Å². The Labute approximate surface area is 150 Å². The number of carbonyl (C=O) groups excluding carboxylic acids is 1. The highest BCUT2D eigenvalue weighted by Crippen LogP contribution is 2.26. The summed E-state index contributed by atoms with van der Waals surface area (Å²) in [5.41, 5.74) is 1.08. The van der Waals surface area contributed by atoms with Gasteiger partial charge in [0, 0.05) is 43.3 Å². The second kappa shape index (κ2) is 6.67. The lowest BCUT2D eigenvalue weighted by Gasteiger charge is -2.32. The molecule has 2 aromatic heterocycles. The largest absolute Gasteiger partial charge is 0.337 e. The molecule has 0 saturated carbocycles. The molecule has 0 radical (unpaired) electrons. The van der Waals surface area contributed by atoms with Crippen LogP contribution >= 0.6 is 0 Å². The van der Waals surface area contributed by atoms with Crippen LogP contribution in [0.3, 0.4) is 0 Å². The number of fused-ring (bicyclic) bond motifs is 1. The first-order valence-corrected chi connectivity index (χ1v) is 8.66. The third kappa shape index (κ3) is 2.85. The highest BCUT2D eigenvalue weighted by Gasteiger charge is 2.28. The fraction of sp³-hybridized carbons (Fsp3) is 0.316. The molecule has 1 aliphatic heterocycles. The molecule has 4 rings (SSSR count). The molecule has 0 bridgehead atoms. The zero-order valence-corrected chi connectivity index (χ0v) is 14.5. The molecule has 1 aliphatic rings. The number of aryl methyl sites for hydroxylation is 1. The van der Waals surface area contributed by atoms with E-state index in [0.29, 0.717) is 29.6 Å². The van der Waals surface area contributed by atoms with Gasteiger partial charge in [0.05, 0.1) is 5.39 Å². The normalized spacial score (nSPS) is 17.4. The molecule has 3 heterocycles.